The molecule has 1 aromatic carbocycles. The Hall–Kier alpha value is -4.88. The van der Waals surface area contributed by atoms with Crippen LogP contribution in [0, 0.1) is 17.8 Å². The van der Waals surface area contributed by atoms with Crippen LogP contribution in [0.1, 0.15) is 50.8 Å². The van der Waals surface area contributed by atoms with Gasteiger partial charge in [0.15, 0.2) is 5.82 Å². The molecule has 3 aromatic heterocycles. The molecule has 0 spiro atoms. The predicted molar refractivity (Wildman–Crippen MR) is 158 cm³/mol. The van der Waals surface area contributed by atoms with Crippen molar-refractivity contribution in [1.82, 2.24) is 24.9 Å². The maximum Gasteiger partial charge on any atom is 0.229 e. The van der Waals surface area contributed by atoms with Crippen LogP contribution in [0.15, 0.2) is 67.3 Å². The Morgan fingerprint density at radius 3 is 2.41 bits per heavy atom. The Morgan fingerprint density at radius 2 is 1.73 bits per heavy atom. The average Bonchev–Trinajstić information content (AvgIpc) is 2.99. The van der Waals surface area contributed by atoms with E-state index in [1.54, 1.807) is 12.4 Å². The van der Waals surface area contributed by atoms with Crippen LogP contribution in [0.5, 0.6) is 0 Å². The van der Waals surface area contributed by atoms with E-state index in [1.807, 2.05) is 56.3 Å². The first-order valence-electron chi connectivity index (χ1n) is 13.7. The molecule has 1 fully saturated rings. The number of benzene rings is 1. The van der Waals surface area contributed by atoms with E-state index in [-0.39, 0.29) is 24.0 Å². The number of hydrogen-bond acceptors (Lipinski definition) is 9. The molecule has 0 aliphatic heterocycles. The Bertz CT molecular complexity index is 1520. The largest absolute Gasteiger partial charge is 0.393 e. The van der Waals surface area contributed by atoms with Crippen LogP contribution in [0.4, 0.5) is 23.3 Å². The van der Waals surface area contributed by atoms with Gasteiger partial charge in [-0.2, -0.15) is 4.98 Å². The van der Waals surface area contributed by atoms with Gasteiger partial charge >= 0.3 is 0 Å². The Morgan fingerprint density at radius 1 is 0.927 bits per heavy atom. The van der Waals surface area contributed by atoms with Gasteiger partial charge in [-0.1, -0.05) is 25.8 Å². The molecule has 1 amide bonds. The number of aliphatic hydroxyl groups is 1. The first-order chi connectivity index (χ1) is 19.9. The van der Waals surface area contributed by atoms with Gasteiger partial charge in [-0.15, -0.1) is 0 Å². The standard InChI is InChI=1S/C31H32N8O2/c1-20(2)30(41)38-28-19-33-24(17-34-28)11-8-21-6-9-23(10-7-21)37-31-35-18-26(27-5-3-4-16-32-27)29(39-31)36-22-12-14-25(40)15-13-22/h3-7,9-10,16-20,22,25,40H,12-15H2,1-2H3,(H,34,38,41)(H2,35,36,37,39)/t22-,25-. The molecular formula is C31H32N8O2. The number of aliphatic hydroxyl groups excluding tert-OH is 1. The molecule has 3 heterocycles. The molecule has 1 aliphatic carbocycles. The monoisotopic (exact) mass is 548 g/mol. The second-order valence-corrected chi connectivity index (χ2v) is 10.2. The number of rotatable bonds is 7. The lowest BCUT2D eigenvalue weighted by molar-refractivity contribution is -0.118. The van der Waals surface area contributed by atoms with Gasteiger partial charge in [-0.3, -0.25) is 9.78 Å². The first-order valence-corrected chi connectivity index (χ1v) is 13.7. The molecule has 0 radical (unpaired) electrons. The maximum atomic E-state index is 11.8. The van der Waals surface area contributed by atoms with E-state index in [0.29, 0.717) is 23.3 Å². The van der Waals surface area contributed by atoms with E-state index in [1.165, 1.54) is 12.4 Å². The number of pyridine rings is 1. The fourth-order valence-electron chi connectivity index (χ4n) is 4.31. The summed E-state index contributed by atoms with van der Waals surface area (Å²) in [6, 6.07) is 13.6. The van der Waals surface area contributed by atoms with Gasteiger partial charge in [-0.05, 0) is 68.0 Å². The number of carbonyl (C=O) groups is 1. The molecule has 0 saturated heterocycles. The molecule has 4 aromatic rings. The van der Waals surface area contributed by atoms with Crippen LogP contribution in [0.2, 0.25) is 0 Å². The molecule has 10 nitrogen and oxygen atoms in total. The van der Waals surface area contributed by atoms with E-state index in [0.717, 1.165) is 48.2 Å². The predicted octanol–water partition coefficient (Wildman–Crippen LogP) is 4.78. The number of nitrogens with one attached hydrogen (secondary N) is 3. The highest BCUT2D eigenvalue weighted by atomic mass is 16.3. The molecule has 1 saturated carbocycles. The quantitative estimate of drug-likeness (QED) is 0.240. The number of hydrogen-bond donors (Lipinski definition) is 4. The summed E-state index contributed by atoms with van der Waals surface area (Å²) < 4.78 is 0. The summed E-state index contributed by atoms with van der Waals surface area (Å²) in [4.78, 5) is 34.1. The van der Waals surface area contributed by atoms with Crippen LogP contribution < -0.4 is 16.0 Å². The molecule has 10 heteroatoms. The topological polar surface area (TPSA) is 138 Å². The number of nitrogens with zero attached hydrogens (tertiary/aromatic N) is 5. The molecule has 4 N–H and O–H groups in total. The molecular weight excluding hydrogens is 516 g/mol. The van der Waals surface area contributed by atoms with Crippen molar-refractivity contribution in [1.29, 1.82) is 0 Å². The molecule has 0 atom stereocenters. The second kappa shape index (κ2) is 13.0. The zero-order chi connectivity index (χ0) is 28.6. The van der Waals surface area contributed by atoms with E-state index >= 15 is 0 Å². The van der Waals surface area contributed by atoms with Crippen molar-refractivity contribution in [2.75, 3.05) is 16.0 Å². The minimum atomic E-state index is -0.226. The van der Waals surface area contributed by atoms with Crippen LogP contribution in [0.3, 0.4) is 0 Å². The third-order valence-corrected chi connectivity index (χ3v) is 6.67. The van der Waals surface area contributed by atoms with Crippen LogP contribution in [-0.4, -0.2) is 48.1 Å². The van der Waals surface area contributed by atoms with E-state index in [9.17, 15) is 9.90 Å². The van der Waals surface area contributed by atoms with Crippen molar-refractivity contribution in [3.8, 4) is 23.1 Å². The number of carbonyl (C=O) groups excluding carboxylic acids is 1. The summed E-state index contributed by atoms with van der Waals surface area (Å²) in [7, 11) is 0. The summed E-state index contributed by atoms with van der Waals surface area (Å²) in [6.07, 6.45) is 9.64. The SMILES string of the molecule is CC(C)C(=O)Nc1cnc(C#Cc2ccc(Nc3ncc(-c4ccccn4)c(N[C@H]4CC[C@H](O)CC4)n3)cc2)cn1. The number of amides is 1. The molecule has 5 rings (SSSR count). The maximum absolute atomic E-state index is 11.8. The van der Waals surface area contributed by atoms with Gasteiger partial charge in [0.05, 0.1) is 29.8 Å². The Balaban J connectivity index is 1.27. The lowest BCUT2D eigenvalue weighted by Crippen LogP contribution is -2.29. The highest BCUT2D eigenvalue weighted by Gasteiger charge is 2.21. The Kier molecular flexibility index (Phi) is 8.76. The highest BCUT2D eigenvalue weighted by molar-refractivity contribution is 5.90. The average molecular weight is 549 g/mol. The number of anilines is 4. The van der Waals surface area contributed by atoms with E-state index in [4.69, 9.17) is 4.98 Å². The van der Waals surface area contributed by atoms with Crippen molar-refractivity contribution in [3.63, 3.8) is 0 Å². The summed E-state index contributed by atoms with van der Waals surface area (Å²) in [5, 5.41) is 19.4. The lowest BCUT2D eigenvalue weighted by Gasteiger charge is -2.27. The van der Waals surface area contributed by atoms with E-state index < -0.39 is 0 Å². The summed E-state index contributed by atoms with van der Waals surface area (Å²) >= 11 is 0. The summed E-state index contributed by atoms with van der Waals surface area (Å²) in [5.41, 5.74) is 3.75. The molecule has 41 heavy (non-hydrogen) atoms. The molecule has 1 aliphatic rings. The smallest absolute Gasteiger partial charge is 0.229 e. The fourth-order valence-corrected chi connectivity index (χ4v) is 4.31. The Labute approximate surface area is 239 Å². The normalized spacial score (nSPS) is 16.4. The lowest BCUT2D eigenvalue weighted by atomic mass is 9.93. The second-order valence-electron chi connectivity index (χ2n) is 10.2. The minimum absolute atomic E-state index is 0.112. The van der Waals surface area contributed by atoms with Gasteiger partial charge in [0.25, 0.3) is 0 Å². The molecule has 208 valence electrons. The van der Waals surface area contributed by atoms with E-state index in [2.05, 4.69) is 47.7 Å². The zero-order valence-corrected chi connectivity index (χ0v) is 23.0. The van der Waals surface area contributed by atoms with Gasteiger partial charge < -0.3 is 21.1 Å². The van der Waals surface area contributed by atoms with Gasteiger partial charge in [-0.25, -0.2) is 15.0 Å². The minimum Gasteiger partial charge on any atom is -0.393 e. The molecule has 0 bridgehead atoms. The van der Waals surface area contributed by atoms with Crippen molar-refractivity contribution in [2.24, 2.45) is 5.92 Å². The van der Waals surface area contributed by atoms with Crippen molar-refractivity contribution < 1.29 is 9.90 Å². The fraction of sp³-hybridized carbons (Fsp3) is 0.290. The zero-order valence-electron chi connectivity index (χ0n) is 23.0. The van der Waals surface area contributed by atoms with Crippen molar-refractivity contribution in [3.05, 3.63) is 78.5 Å². The van der Waals surface area contributed by atoms with Gasteiger partial charge in [0, 0.05) is 35.6 Å². The van der Waals surface area contributed by atoms with Gasteiger partial charge in [0.2, 0.25) is 11.9 Å². The summed E-state index contributed by atoms with van der Waals surface area (Å²) in [6.45, 7) is 3.63. The summed E-state index contributed by atoms with van der Waals surface area (Å²) in [5.74, 6) is 7.39. The first kappa shape index (κ1) is 27.7. The third-order valence-electron chi connectivity index (χ3n) is 6.67. The van der Waals surface area contributed by atoms with Gasteiger partial charge in [0.1, 0.15) is 11.5 Å². The van der Waals surface area contributed by atoms with Crippen molar-refractivity contribution in [2.45, 2.75) is 51.7 Å². The van der Waals surface area contributed by atoms with Crippen molar-refractivity contribution >= 4 is 29.2 Å². The van der Waals surface area contributed by atoms with Crippen LogP contribution in [-0.2, 0) is 4.79 Å². The van der Waals surface area contributed by atoms with Crippen LogP contribution in [0.25, 0.3) is 11.3 Å². The third kappa shape index (κ3) is 7.62. The highest BCUT2D eigenvalue weighted by Crippen LogP contribution is 2.29. The molecule has 0 unspecified atom stereocenters. The number of aromatic nitrogens is 5. The van der Waals surface area contributed by atoms with Crippen LogP contribution >= 0.6 is 0 Å².